The van der Waals surface area contributed by atoms with Gasteiger partial charge in [-0.3, -0.25) is 14.5 Å². The van der Waals surface area contributed by atoms with E-state index in [1.165, 1.54) is 5.56 Å². The fraction of sp³-hybridized carbons (Fsp3) is 0.542. The maximum atomic E-state index is 12.7. The van der Waals surface area contributed by atoms with Gasteiger partial charge in [0.05, 0.1) is 12.8 Å². The summed E-state index contributed by atoms with van der Waals surface area (Å²) in [6, 6.07) is 8.10. The highest BCUT2D eigenvalue weighted by Crippen LogP contribution is 2.27. The summed E-state index contributed by atoms with van der Waals surface area (Å²) < 4.78 is 5.24. The molecule has 2 atom stereocenters. The first-order valence-electron chi connectivity index (χ1n) is 11.2. The van der Waals surface area contributed by atoms with Crippen molar-refractivity contribution >= 4 is 5.91 Å². The summed E-state index contributed by atoms with van der Waals surface area (Å²) in [5.41, 5.74) is 2.88. The Morgan fingerprint density at radius 3 is 2.77 bits per heavy atom. The van der Waals surface area contributed by atoms with E-state index in [0.717, 1.165) is 55.3 Å². The first-order valence-corrected chi connectivity index (χ1v) is 11.2. The minimum atomic E-state index is -0.0178. The summed E-state index contributed by atoms with van der Waals surface area (Å²) in [6.45, 7) is 7.71. The third-order valence-electron chi connectivity index (χ3n) is 6.66. The Balaban J connectivity index is 1.46. The number of nitrogens with zero attached hydrogens (tertiary/aromatic N) is 3. The van der Waals surface area contributed by atoms with Crippen LogP contribution in [0.4, 0.5) is 0 Å². The van der Waals surface area contributed by atoms with Crippen LogP contribution in [0.3, 0.4) is 0 Å². The lowest BCUT2D eigenvalue weighted by molar-refractivity contribution is -0.134. The summed E-state index contributed by atoms with van der Waals surface area (Å²) >= 11 is 0. The molecule has 1 fully saturated rings. The number of ether oxygens (including phenoxy) is 1. The van der Waals surface area contributed by atoms with Gasteiger partial charge in [0.2, 0.25) is 5.91 Å². The number of H-pyrrole nitrogens is 1. The molecule has 1 saturated heterocycles. The molecule has 0 saturated carbocycles. The Bertz CT molecular complexity index is 985. The van der Waals surface area contributed by atoms with E-state index in [9.17, 15) is 9.59 Å². The van der Waals surface area contributed by atoms with Crippen LogP contribution >= 0.6 is 0 Å². The van der Waals surface area contributed by atoms with E-state index < -0.39 is 0 Å². The molecular formula is C24H32N4O3. The van der Waals surface area contributed by atoms with Crippen LogP contribution in [0.25, 0.3) is 0 Å². The number of hydrogen-bond acceptors (Lipinski definition) is 5. The second-order valence-corrected chi connectivity index (χ2v) is 8.76. The number of rotatable bonds is 6. The molecule has 0 radical (unpaired) electrons. The van der Waals surface area contributed by atoms with Crippen LogP contribution in [0, 0.1) is 5.92 Å². The van der Waals surface area contributed by atoms with Crippen LogP contribution < -0.4 is 10.3 Å². The normalized spacial score (nSPS) is 19.8. The van der Waals surface area contributed by atoms with Crippen molar-refractivity contribution in [1.82, 2.24) is 19.8 Å². The van der Waals surface area contributed by atoms with Gasteiger partial charge in [-0.1, -0.05) is 26.0 Å². The summed E-state index contributed by atoms with van der Waals surface area (Å²) in [5, 5.41) is 0. The van der Waals surface area contributed by atoms with Gasteiger partial charge in [-0.25, -0.2) is 4.98 Å². The zero-order chi connectivity index (χ0) is 22.0. The number of nitrogens with one attached hydrogen (secondary N) is 1. The van der Waals surface area contributed by atoms with E-state index in [1.54, 1.807) is 7.11 Å². The molecule has 1 N–H and O–H groups in total. The molecular weight excluding hydrogens is 392 g/mol. The van der Waals surface area contributed by atoms with Crippen LogP contribution in [-0.2, 0) is 24.3 Å². The number of methoxy groups -OCH3 is 1. The second-order valence-electron chi connectivity index (χ2n) is 8.76. The number of benzene rings is 1. The highest BCUT2D eigenvalue weighted by atomic mass is 16.5. The topological polar surface area (TPSA) is 78.5 Å². The average Bonchev–Trinajstić information content (AvgIpc) is 3.28. The number of hydrogen-bond donors (Lipinski definition) is 1. The Morgan fingerprint density at radius 1 is 1.29 bits per heavy atom. The fourth-order valence-electron chi connectivity index (χ4n) is 4.50. The van der Waals surface area contributed by atoms with Gasteiger partial charge in [0.1, 0.15) is 11.6 Å². The van der Waals surface area contributed by atoms with Crippen molar-refractivity contribution in [2.45, 2.75) is 52.1 Å². The first kappa shape index (κ1) is 21.6. The first-order chi connectivity index (χ1) is 15.0. The quantitative estimate of drug-likeness (QED) is 0.771. The number of likely N-dealkylation sites (tertiary alicyclic amines) is 1. The maximum absolute atomic E-state index is 12.7. The second kappa shape index (κ2) is 9.22. The number of carbonyl (C=O) groups excluding carboxylic acids is 1. The molecule has 2 aliphatic heterocycles. The van der Waals surface area contributed by atoms with Crippen molar-refractivity contribution in [1.29, 1.82) is 0 Å². The van der Waals surface area contributed by atoms with E-state index in [-0.39, 0.29) is 23.3 Å². The van der Waals surface area contributed by atoms with Crippen molar-refractivity contribution in [3.8, 4) is 5.75 Å². The number of aromatic amines is 1. The predicted octanol–water partition coefficient (Wildman–Crippen LogP) is 2.70. The summed E-state index contributed by atoms with van der Waals surface area (Å²) in [4.78, 5) is 37.4. The predicted molar refractivity (Wildman–Crippen MR) is 119 cm³/mol. The van der Waals surface area contributed by atoms with Gasteiger partial charge in [0.25, 0.3) is 5.56 Å². The van der Waals surface area contributed by atoms with Gasteiger partial charge >= 0.3 is 0 Å². The number of carbonyl (C=O) groups is 1. The molecule has 1 aromatic carbocycles. The number of aromatic nitrogens is 2. The minimum Gasteiger partial charge on any atom is -0.497 e. The largest absolute Gasteiger partial charge is 0.497 e. The highest BCUT2D eigenvalue weighted by Gasteiger charge is 2.32. The van der Waals surface area contributed by atoms with Crippen molar-refractivity contribution in [2.24, 2.45) is 5.92 Å². The van der Waals surface area contributed by atoms with Crippen LogP contribution in [0.5, 0.6) is 5.75 Å². The Morgan fingerprint density at radius 2 is 2.06 bits per heavy atom. The van der Waals surface area contributed by atoms with Crippen LogP contribution in [-0.4, -0.2) is 52.4 Å². The third-order valence-corrected chi connectivity index (χ3v) is 6.66. The monoisotopic (exact) mass is 424 g/mol. The van der Waals surface area contributed by atoms with Gasteiger partial charge in [-0.2, -0.15) is 0 Å². The Hall–Kier alpha value is -2.67. The molecule has 2 aliphatic rings. The highest BCUT2D eigenvalue weighted by molar-refractivity contribution is 5.78. The standard InChI is InChI=1S/C24H32N4O3/c1-4-16(2)24(30)28-12-9-18(14-28)22-25-21-15-27(11-10-20(21)23(29)26-22)13-17-5-7-19(31-3)8-6-17/h5-8,16,18H,4,9-15H2,1-3H3,(H,25,26,29). The Kier molecular flexibility index (Phi) is 6.41. The van der Waals surface area contributed by atoms with Crippen LogP contribution in [0.1, 0.15) is 55.3 Å². The Labute approximate surface area is 183 Å². The summed E-state index contributed by atoms with van der Waals surface area (Å²) in [5.74, 6) is 1.93. The van der Waals surface area contributed by atoms with E-state index >= 15 is 0 Å². The number of amides is 1. The zero-order valence-corrected chi connectivity index (χ0v) is 18.7. The molecule has 4 rings (SSSR count). The molecule has 2 aromatic rings. The molecule has 2 unspecified atom stereocenters. The lowest BCUT2D eigenvalue weighted by Gasteiger charge is -2.28. The third kappa shape index (κ3) is 4.66. The van der Waals surface area contributed by atoms with E-state index in [2.05, 4.69) is 22.0 Å². The molecule has 7 nitrogen and oxygen atoms in total. The molecule has 0 spiro atoms. The van der Waals surface area contributed by atoms with Gasteiger partial charge in [0.15, 0.2) is 0 Å². The fourth-order valence-corrected chi connectivity index (χ4v) is 4.50. The molecule has 0 bridgehead atoms. The van der Waals surface area contributed by atoms with Crippen LogP contribution in [0.2, 0.25) is 0 Å². The van der Waals surface area contributed by atoms with Crippen molar-refractivity contribution in [2.75, 3.05) is 26.7 Å². The summed E-state index contributed by atoms with van der Waals surface area (Å²) in [6.07, 6.45) is 2.40. The van der Waals surface area contributed by atoms with Gasteiger partial charge in [-0.05, 0) is 37.0 Å². The van der Waals surface area contributed by atoms with E-state index in [0.29, 0.717) is 19.5 Å². The number of fused-ring (bicyclic) bond motifs is 1. The molecule has 166 valence electrons. The van der Waals surface area contributed by atoms with Gasteiger partial charge in [0, 0.05) is 50.1 Å². The molecule has 7 heteroatoms. The van der Waals surface area contributed by atoms with Gasteiger partial charge < -0.3 is 14.6 Å². The molecule has 1 amide bonds. The van der Waals surface area contributed by atoms with E-state index in [4.69, 9.17) is 9.72 Å². The zero-order valence-electron chi connectivity index (χ0n) is 18.7. The average molecular weight is 425 g/mol. The van der Waals surface area contributed by atoms with Crippen LogP contribution in [0.15, 0.2) is 29.1 Å². The minimum absolute atomic E-state index is 0.0178. The lowest BCUT2D eigenvalue weighted by atomic mass is 10.0. The molecule has 0 aliphatic carbocycles. The van der Waals surface area contributed by atoms with Crippen molar-refractivity contribution < 1.29 is 9.53 Å². The van der Waals surface area contributed by atoms with Crippen molar-refractivity contribution in [3.05, 3.63) is 57.3 Å². The van der Waals surface area contributed by atoms with E-state index in [1.807, 2.05) is 30.9 Å². The smallest absolute Gasteiger partial charge is 0.254 e. The molecule has 1 aromatic heterocycles. The van der Waals surface area contributed by atoms with Gasteiger partial charge in [-0.15, -0.1) is 0 Å². The maximum Gasteiger partial charge on any atom is 0.254 e. The molecule has 3 heterocycles. The molecule has 31 heavy (non-hydrogen) atoms. The summed E-state index contributed by atoms with van der Waals surface area (Å²) in [7, 11) is 1.67. The lowest BCUT2D eigenvalue weighted by Crippen LogP contribution is -2.36. The van der Waals surface area contributed by atoms with Crippen molar-refractivity contribution in [3.63, 3.8) is 0 Å². The SMILES string of the molecule is CCC(C)C(=O)N1CCC(c2nc3c(c(=O)[nH]2)CCN(Cc2ccc(OC)cc2)C3)C1.